The molecule has 28 heavy (non-hydrogen) atoms. The minimum absolute atomic E-state index is 0.176. The van der Waals surface area contributed by atoms with E-state index in [9.17, 15) is 9.59 Å². The van der Waals surface area contributed by atoms with E-state index in [1.165, 1.54) is 16.7 Å². The van der Waals surface area contributed by atoms with E-state index in [1.807, 2.05) is 0 Å². The topological polar surface area (TPSA) is 101 Å². The number of aromatic nitrogens is 2. The standard InChI is InChI=1S/C18H14N4O4S2/c23-15(19-12-5-1-6-13-16(12)21-26-20-13)7-2-8-22-17(24)14(28-18(22)27)10-11-4-3-9-25-11/h1,3-6,9-10H,2,7-8H2,(H,19,23). The van der Waals surface area contributed by atoms with E-state index in [2.05, 4.69) is 20.3 Å². The monoisotopic (exact) mass is 414 g/mol. The molecule has 0 bridgehead atoms. The fourth-order valence-corrected chi connectivity index (χ4v) is 4.00. The minimum Gasteiger partial charge on any atom is -0.465 e. The number of hydrogen-bond donors (Lipinski definition) is 1. The maximum Gasteiger partial charge on any atom is 0.266 e. The Morgan fingerprint density at radius 3 is 3.00 bits per heavy atom. The van der Waals surface area contributed by atoms with E-state index < -0.39 is 0 Å². The largest absolute Gasteiger partial charge is 0.465 e. The first kappa shape index (κ1) is 18.4. The summed E-state index contributed by atoms with van der Waals surface area (Å²) >= 11 is 6.51. The summed E-state index contributed by atoms with van der Waals surface area (Å²) in [6.07, 6.45) is 3.91. The van der Waals surface area contributed by atoms with Crippen LogP contribution in [-0.2, 0) is 9.59 Å². The van der Waals surface area contributed by atoms with Gasteiger partial charge in [-0.1, -0.05) is 30.0 Å². The van der Waals surface area contributed by atoms with Gasteiger partial charge in [0.15, 0.2) is 5.52 Å². The molecule has 3 aromatic rings. The van der Waals surface area contributed by atoms with Crippen molar-refractivity contribution in [3.8, 4) is 0 Å². The summed E-state index contributed by atoms with van der Waals surface area (Å²) < 4.78 is 10.4. The molecule has 2 amide bonds. The average molecular weight is 414 g/mol. The van der Waals surface area contributed by atoms with Crippen molar-refractivity contribution < 1.29 is 18.6 Å². The molecular formula is C18H14N4O4S2. The molecule has 10 heteroatoms. The van der Waals surface area contributed by atoms with Crippen molar-refractivity contribution in [3.05, 3.63) is 47.3 Å². The zero-order valence-electron chi connectivity index (χ0n) is 14.5. The van der Waals surface area contributed by atoms with Crippen molar-refractivity contribution in [2.45, 2.75) is 12.8 Å². The lowest BCUT2D eigenvalue weighted by atomic mass is 10.2. The Morgan fingerprint density at radius 2 is 2.18 bits per heavy atom. The molecule has 1 aliphatic heterocycles. The number of hydrogen-bond acceptors (Lipinski definition) is 8. The summed E-state index contributed by atoms with van der Waals surface area (Å²) in [6, 6.07) is 8.75. The Kier molecular flexibility index (Phi) is 5.22. The Balaban J connectivity index is 1.32. The number of fused-ring (bicyclic) bond motifs is 1. The van der Waals surface area contributed by atoms with Gasteiger partial charge in [-0.15, -0.1) is 0 Å². The fraction of sp³-hybridized carbons (Fsp3) is 0.167. The van der Waals surface area contributed by atoms with Crippen LogP contribution in [0.4, 0.5) is 5.69 Å². The van der Waals surface area contributed by atoms with Gasteiger partial charge < -0.3 is 9.73 Å². The molecule has 0 unspecified atom stereocenters. The van der Waals surface area contributed by atoms with E-state index in [4.69, 9.17) is 16.6 Å². The van der Waals surface area contributed by atoms with Gasteiger partial charge in [0.05, 0.1) is 16.9 Å². The number of carbonyl (C=O) groups is 2. The van der Waals surface area contributed by atoms with Crippen LogP contribution in [0.3, 0.4) is 0 Å². The van der Waals surface area contributed by atoms with E-state index in [1.54, 1.807) is 42.7 Å². The second-order valence-electron chi connectivity index (χ2n) is 5.94. The molecule has 0 spiro atoms. The molecule has 4 rings (SSSR count). The van der Waals surface area contributed by atoms with Crippen molar-refractivity contribution in [2.75, 3.05) is 11.9 Å². The van der Waals surface area contributed by atoms with Crippen LogP contribution in [0.15, 0.2) is 50.5 Å². The normalized spacial score (nSPS) is 15.7. The summed E-state index contributed by atoms with van der Waals surface area (Å²) in [7, 11) is 0. The molecule has 0 radical (unpaired) electrons. The number of nitrogens with one attached hydrogen (secondary N) is 1. The van der Waals surface area contributed by atoms with Gasteiger partial charge in [0, 0.05) is 19.0 Å². The lowest BCUT2D eigenvalue weighted by Gasteiger charge is -2.14. The Morgan fingerprint density at radius 1 is 1.29 bits per heavy atom. The average Bonchev–Trinajstić information content (AvgIpc) is 3.40. The molecular weight excluding hydrogens is 400 g/mol. The van der Waals surface area contributed by atoms with Crippen molar-refractivity contribution in [1.29, 1.82) is 0 Å². The molecule has 0 saturated carbocycles. The molecule has 3 heterocycles. The highest BCUT2D eigenvalue weighted by atomic mass is 32.2. The van der Waals surface area contributed by atoms with Crippen molar-refractivity contribution in [2.24, 2.45) is 0 Å². The Labute approximate surface area is 168 Å². The predicted molar refractivity (Wildman–Crippen MR) is 108 cm³/mol. The lowest BCUT2D eigenvalue weighted by molar-refractivity contribution is -0.122. The fourth-order valence-electron chi connectivity index (χ4n) is 2.71. The molecule has 1 aliphatic rings. The zero-order valence-corrected chi connectivity index (χ0v) is 16.1. The van der Waals surface area contributed by atoms with Crippen LogP contribution in [0, 0.1) is 0 Å². The number of thioether (sulfide) groups is 1. The molecule has 1 aromatic carbocycles. The number of rotatable bonds is 6. The molecule has 1 N–H and O–H groups in total. The van der Waals surface area contributed by atoms with Gasteiger partial charge in [-0.25, -0.2) is 4.63 Å². The van der Waals surface area contributed by atoms with E-state index >= 15 is 0 Å². The van der Waals surface area contributed by atoms with Crippen LogP contribution in [0.1, 0.15) is 18.6 Å². The molecule has 0 atom stereocenters. The van der Waals surface area contributed by atoms with Gasteiger partial charge in [-0.3, -0.25) is 14.5 Å². The second-order valence-corrected chi connectivity index (χ2v) is 7.61. The number of nitrogens with zero attached hydrogens (tertiary/aromatic N) is 3. The quantitative estimate of drug-likeness (QED) is 0.483. The number of furan rings is 1. The number of anilines is 1. The van der Waals surface area contributed by atoms with Crippen LogP contribution in [-0.4, -0.2) is 37.9 Å². The molecule has 2 aromatic heterocycles. The smallest absolute Gasteiger partial charge is 0.266 e. The van der Waals surface area contributed by atoms with E-state index in [-0.39, 0.29) is 18.2 Å². The van der Waals surface area contributed by atoms with E-state index in [0.29, 0.717) is 44.7 Å². The summed E-state index contributed by atoms with van der Waals surface area (Å²) in [5, 5.41) is 10.3. The van der Waals surface area contributed by atoms with Crippen molar-refractivity contribution in [3.63, 3.8) is 0 Å². The third-order valence-corrected chi connectivity index (χ3v) is 5.41. The zero-order chi connectivity index (χ0) is 19.5. The van der Waals surface area contributed by atoms with Crippen LogP contribution < -0.4 is 5.32 Å². The van der Waals surface area contributed by atoms with Crippen molar-refractivity contribution in [1.82, 2.24) is 15.2 Å². The van der Waals surface area contributed by atoms with Crippen LogP contribution in [0.5, 0.6) is 0 Å². The highest BCUT2D eigenvalue weighted by Crippen LogP contribution is 2.32. The Hall–Kier alpha value is -2.98. The molecule has 1 saturated heterocycles. The summed E-state index contributed by atoms with van der Waals surface area (Å²) in [6.45, 7) is 0.364. The van der Waals surface area contributed by atoms with E-state index in [0.717, 1.165) is 0 Å². The highest BCUT2D eigenvalue weighted by molar-refractivity contribution is 8.26. The summed E-state index contributed by atoms with van der Waals surface area (Å²) in [4.78, 5) is 26.8. The number of benzene rings is 1. The number of thiocarbonyl (C=S) groups is 1. The van der Waals surface area contributed by atoms with Gasteiger partial charge in [-0.05, 0) is 41.0 Å². The van der Waals surface area contributed by atoms with Gasteiger partial charge in [0.1, 0.15) is 15.6 Å². The second kappa shape index (κ2) is 7.95. The predicted octanol–water partition coefficient (Wildman–Crippen LogP) is 3.44. The molecule has 1 fully saturated rings. The Bertz CT molecular complexity index is 1070. The molecule has 0 aliphatic carbocycles. The SMILES string of the molecule is O=C(CCCN1C(=O)C(=Cc2ccco2)SC1=S)Nc1cccc2nonc12. The number of amides is 2. The molecule has 8 nitrogen and oxygen atoms in total. The van der Waals surface area contributed by atoms with Gasteiger partial charge in [0.2, 0.25) is 5.91 Å². The molecule has 142 valence electrons. The van der Waals surface area contributed by atoms with Gasteiger partial charge in [0.25, 0.3) is 5.91 Å². The van der Waals surface area contributed by atoms with Crippen molar-refractivity contribution >= 4 is 62.9 Å². The van der Waals surface area contributed by atoms with Crippen LogP contribution >= 0.6 is 24.0 Å². The van der Waals surface area contributed by atoms with Crippen LogP contribution in [0.25, 0.3) is 17.1 Å². The first-order valence-electron chi connectivity index (χ1n) is 8.42. The third kappa shape index (κ3) is 3.82. The maximum atomic E-state index is 12.5. The van der Waals surface area contributed by atoms with Gasteiger partial charge in [-0.2, -0.15) is 0 Å². The van der Waals surface area contributed by atoms with Gasteiger partial charge >= 0.3 is 0 Å². The first-order chi connectivity index (χ1) is 13.6. The summed E-state index contributed by atoms with van der Waals surface area (Å²) in [5.41, 5.74) is 1.60. The highest BCUT2D eigenvalue weighted by Gasteiger charge is 2.31. The minimum atomic E-state index is -0.188. The first-order valence-corrected chi connectivity index (χ1v) is 9.64. The van der Waals surface area contributed by atoms with Crippen LogP contribution in [0.2, 0.25) is 0 Å². The summed E-state index contributed by atoms with van der Waals surface area (Å²) in [5.74, 6) is 0.230. The number of carbonyl (C=O) groups excluding carboxylic acids is 2. The lowest BCUT2D eigenvalue weighted by Crippen LogP contribution is -2.29. The maximum absolute atomic E-state index is 12.5. The third-order valence-electron chi connectivity index (χ3n) is 4.04.